The number of esters is 1. The minimum Gasteiger partial charge on any atom is -0.461 e. The summed E-state index contributed by atoms with van der Waals surface area (Å²) in [6, 6.07) is 2.94. The Bertz CT molecular complexity index is 424. The van der Waals surface area contributed by atoms with Gasteiger partial charge in [-0.1, -0.05) is 12.5 Å². The maximum absolute atomic E-state index is 11.9. The van der Waals surface area contributed by atoms with E-state index in [1.165, 1.54) is 17.8 Å². The molecule has 1 aromatic heterocycles. The quantitative estimate of drug-likeness (QED) is 0.863. The lowest BCUT2D eigenvalue weighted by atomic mass is 9.98. The summed E-state index contributed by atoms with van der Waals surface area (Å²) < 4.78 is 5.42. The lowest BCUT2D eigenvalue weighted by Gasteiger charge is -2.23. The Morgan fingerprint density at radius 3 is 2.74 bits per heavy atom. The van der Waals surface area contributed by atoms with Gasteiger partial charge < -0.3 is 10.1 Å². The predicted molar refractivity (Wildman–Crippen MR) is 74.2 cm³/mol. The molecule has 1 heterocycles. The maximum atomic E-state index is 11.9. The van der Waals surface area contributed by atoms with E-state index >= 15 is 0 Å². The number of carbonyl (C=O) groups excluding carboxylic acids is 2. The Kier molecular flexibility index (Phi) is 4.96. The zero-order valence-corrected chi connectivity index (χ0v) is 11.9. The number of thiophene rings is 1. The highest BCUT2D eigenvalue weighted by Gasteiger charge is 2.23. The Labute approximate surface area is 117 Å². The highest BCUT2D eigenvalue weighted by molar-refractivity contribution is 7.12. The van der Waals surface area contributed by atoms with Crippen molar-refractivity contribution in [2.24, 2.45) is 0 Å². The summed E-state index contributed by atoms with van der Waals surface area (Å²) in [6.45, 7) is 1.66. The molecule has 1 aliphatic carbocycles. The van der Waals surface area contributed by atoms with Crippen LogP contribution in [-0.4, -0.2) is 24.0 Å². The van der Waals surface area contributed by atoms with Crippen molar-refractivity contribution in [2.75, 3.05) is 0 Å². The van der Waals surface area contributed by atoms with Gasteiger partial charge in [0.15, 0.2) is 0 Å². The van der Waals surface area contributed by atoms with Crippen LogP contribution in [0.1, 0.15) is 48.7 Å². The van der Waals surface area contributed by atoms with Crippen LogP contribution in [0.2, 0.25) is 0 Å². The summed E-state index contributed by atoms with van der Waals surface area (Å²) in [4.78, 5) is 24.3. The van der Waals surface area contributed by atoms with Gasteiger partial charge in [-0.2, -0.15) is 0 Å². The van der Waals surface area contributed by atoms with E-state index in [0.29, 0.717) is 4.88 Å². The molecule has 0 spiro atoms. The average Bonchev–Trinajstić information content (AvgIpc) is 2.93. The zero-order valence-electron chi connectivity index (χ0n) is 11.1. The van der Waals surface area contributed by atoms with Crippen molar-refractivity contribution in [1.29, 1.82) is 0 Å². The van der Waals surface area contributed by atoms with Crippen LogP contribution in [0.4, 0.5) is 0 Å². The van der Waals surface area contributed by atoms with E-state index in [9.17, 15) is 9.59 Å². The van der Waals surface area contributed by atoms with Gasteiger partial charge in [0.2, 0.25) is 0 Å². The van der Waals surface area contributed by atoms with Gasteiger partial charge in [-0.05, 0) is 44.1 Å². The fraction of sp³-hybridized carbons (Fsp3) is 0.571. The average molecular weight is 281 g/mol. The molecule has 1 unspecified atom stereocenters. The fourth-order valence-corrected chi connectivity index (χ4v) is 2.81. The van der Waals surface area contributed by atoms with Gasteiger partial charge >= 0.3 is 5.97 Å². The van der Waals surface area contributed by atoms with Gasteiger partial charge in [-0.25, -0.2) is 4.79 Å². The second-order valence-electron chi connectivity index (χ2n) is 4.87. The molecule has 0 aromatic carbocycles. The summed E-state index contributed by atoms with van der Waals surface area (Å²) in [5.41, 5.74) is 0. The fourth-order valence-electron chi connectivity index (χ4n) is 2.18. The van der Waals surface area contributed by atoms with E-state index in [4.69, 9.17) is 4.74 Å². The monoisotopic (exact) mass is 281 g/mol. The minimum atomic E-state index is -0.600. The van der Waals surface area contributed by atoms with Gasteiger partial charge in [0, 0.05) is 0 Å². The second kappa shape index (κ2) is 6.70. The molecular weight excluding hydrogens is 262 g/mol. The van der Waals surface area contributed by atoms with E-state index in [1.54, 1.807) is 13.0 Å². The third-order valence-electron chi connectivity index (χ3n) is 3.28. The van der Waals surface area contributed by atoms with E-state index in [1.807, 2.05) is 11.4 Å². The Morgan fingerprint density at radius 1 is 1.37 bits per heavy atom. The first kappa shape index (κ1) is 14.1. The standard InChI is InChI=1S/C14H19NO3S/c1-10(15-13(16)12-8-5-9-19-12)14(17)18-11-6-3-2-4-7-11/h5,8-11H,2-4,6-7H2,1H3,(H,15,16). The van der Waals surface area contributed by atoms with Crippen LogP contribution < -0.4 is 5.32 Å². The normalized spacial score (nSPS) is 17.7. The van der Waals surface area contributed by atoms with Crippen molar-refractivity contribution in [3.63, 3.8) is 0 Å². The van der Waals surface area contributed by atoms with E-state index in [-0.39, 0.29) is 18.0 Å². The highest BCUT2D eigenvalue weighted by Crippen LogP contribution is 2.20. The van der Waals surface area contributed by atoms with E-state index in [2.05, 4.69) is 5.32 Å². The molecule has 0 saturated heterocycles. The molecular formula is C14H19NO3S. The first-order chi connectivity index (χ1) is 9.16. The van der Waals surface area contributed by atoms with E-state index in [0.717, 1.165) is 25.7 Å². The van der Waals surface area contributed by atoms with E-state index < -0.39 is 6.04 Å². The summed E-state index contributed by atoms with van der Waals surface area (Å²) in [5.74, 6) is -0.556. The first-order valence-corrected chi connectivity index (χ1v) is 7.59. The number of nitrogens with one attached hydrogen (secondary N) is 1. The third-order valence-corrected chi connectivity index (χ3v) is 4.15. The zero-order chi connectivity index (χ0) is 13.7. The van der Waals surface area contributed by atoms with Crippen LogP contribution >= 0.6 is 11.3 Å². The molecule has 1 saturated carbocycles. The Hall–Kier alpha value is -1.36. The summed E-state index contributed by atoms with van der Waals surface area (Å²) >= 11 is 1.36. The molecule has 19 heavy (non-hydrogen) atoms. The molecule has 1 atom stereocenters. The molecule has 2 rings (SSSR count). The topological polar surface area (TPSA) is 55.4 Å². The van der Waals surface area contributed by atoms with Crippen LogP contribution in [0, 0.1) is 0 Å². The molecule has 1 N–H and O–H groups in total. The summed E-state index contributed by atoms with van der Waals surface area (Å²) in [6.07, 6.45) is 5.37. The molecule has 1 amide bonds. The number of hydrogen-bond donors (Lipinski definition) is 1. The van der Waals surface area contributed by atoms with Crippen LogP contribution in [0.3, 0.4) is 0 Å². The molecule has 104 valence electrons. The van der Waals surface area contributed by atoms with Gasteiger partial charge in [0.1, 0.15) is 12.1 Å². The third kappa shape index (κ3) is 4.06. The summed E-state index contributed by atoms with van der Waals surface area (Å²) in [5, 5.41) is 4.50. The van der Waals surface area contributed by atoms with Gasteiger partial charge in [-0.15, -0.1) is 11.3 Å². The Morgan fingerprint density at radius 2 is 2.11 bits per heavy atom. The summed E-state index contributed by atoms with van der Waals surface area (Å²) in [7, 11) is 0. The Balaban J connectivity index is 1.80. The molecule has 0 bridgehead atoms. The van der Waals surface area contributed by atoms with Crippen molar-refractivity contribution in [3.05, 3.63) is 22.4 Å². The van der Waals surface area contributed by atoms with Crippen molar-refractivity contribution in [3.8, 4) is 0 Å². The van der Waals surface area contributed by atoms with Crippen molar-refractivity contribution in [2.45, 2.75) is 51.2 Å². The van der Waals surface area contributed by atoms with Crippen molar-refractivity contribution in [1.82, 2.24) is 5.32 Å². The first-order valence-electron chi connectivity index (χ1n) is 6.71. The second-order valence-corrected chi connectivity index (χ2v) is 5.82. The molecule has 0 aliphatic heterocycles. The molecule has 4 nitrogen and oxygen atoms in total. The predicted octanol–water partition coefficient (Wildman–Crippen LogP) is 2.74. The molecule has 0 radical (unpaired) electrons. The van der Waals surface area contributed by atoms with Gasteiger partial charge in [0.25, 0.3) is 5.91 Å². The van der Waals surface area contributed by atoms with Crippen molar-refractivity contribution >= 4 is 23.2 Å². The molecule has 1 fully saturated rings. The molecule has 1 aromatic rings. The highest BCUT2D eigenvalue weighted by atomic mass is 32.1. The van der Waals surface area contributed by atoms with Gasteiger partial charge in [0.05, 0.1) is 4.88 Å². The smallest absolute Gasteiger partial charge is 0.328 e. The van der Waals surface area contributed by atoms with Crippen LogP contribution in [-0.2, 0) is 9.53 Å². The number of amides is 1. The van der Waals surface area contributed by atoms with Crippen LogP contribution in [0.15, 0.2) is 17.5 Å². The number of carbonyl (C=O) groups is 2. The van der Waals surface area contributed by atoms with Crippen LogP contribution in [0.25, 0.3) is 0 Å². The lowest BCUT2D eigenvalue weighted by molar-refractivity contribution is -0.152. The van der Waals surface area contributed by atoms with Crippen molar-refractivity contribution < 1.29 is 14.3 Å². The SMILES string of the molecule is CC(NC(=O)c1cccs1)C(=O)OC1CCCCC1. The lowest BCUT2D eigenvalue weighted by Crippen LogP contribution is -2.40. The number of ether oxygens (including phenoxy) is 1. The van der Waals surface area contributed by atoms with Crippen LogP contribution in [0.5, 0.6) is 0 Å². The largest absolute Gasteiger partial charge is 0.461 e. The minimum absolute atomic E-state index is 0.0299. The molecule has 5 heteroatoms. The number of rotatable bonds is 4. The van der Waals surface area contributed by atoms with Gasteiger partial charge in [-0.3, -0.25) is 4.79 Å². The molecule has 1 aliphatic rings. The number of hydrogen-bond acceptors (Lipinski definition) is 4. The maximum Gasteiger partial charge on any atom is 0.328 e.